The van der Waals surface area contributed by atoms with Crippen LogP contribution in [0.2, 0.25) is 0 Å². The number of benzene rings is 3. The highest BCUT2D eigenvalue weighted by Crippen LogP contribution is 2.46. The lowest BCUT2D eigenvalue weighted by Crippen LogP contribution is -2.44. The molecule has 1 aliphatic rings. The number of carbonyl (C=O) groups is 1. The molecule has 35 heavy (non-hydrogen) atoms. The molecule has 0 N–H and O–H groups in total. The van der Waals surface area contributed by atoms with Gasteiger partial charge in [0.25, 0.3) is 6.30 Å². The Kier molecular flexibility index (Phi) is 6.22. The molecule has 184 valence electrons. The molecule has 0 radical (unpaired) electrons. The van der Waals surface area contributed by atoms with Crippen LogP contribution in [-0.2, 0) is 11.3 Å². The van der Waals surface area contributed by atoms with Crippen LogP contribution in [0.15, 0.2) is 30.3 Å². The van der Waals surface area contributed by atoms with Gasteiger partial charge in [0.1, 0.15) is 17.3 Å². The van der Waals surface area contributed by atoms with Gasteiger partial charge in [0.15, 0.2) is 34.8 Å². The van der Waals surface area contributed by atoms with Crippen LogP contribution < -0.4 is 19.1 Å². The SMILES string of the molecule is COc1ccc(CN2c3c(cc(F)c(-c4c(F)c(F)c(F)c(OC)c4F)c3F)OC(=O)C2F)cc1. The molecule has 1 unspecified atom stereocenters. The molecule has 0 amide bonds. The average molecular weight is 501 g/mol. The number of nitrogens with zero attached hydrogens (tertiary/aromatic N) is 1. The highest BCUT2D eigenvalue weighted by atomic mass is 19.2. The summed E-state index contributed by atoms with van der Waals surface area (Å²) >= 11 is 0. The van der Waals surface area contributed by atoms with Crippen LogP contribution in [0.5, 0.6) is 17.2 Å². The molecule has 4 rings (SSSR count). The summed E-state index contributed by atoms with van der Waals surface area (Å²) < 4.78 is 117. The van der Waals surface area contributed by atoms with Gasteiger partial charge in [-0.25, -0.2) is 31.1 Å². The number of rotatable bonds is 5. The number of hydrogen-bond donors (Lipinski definition) is 0. The van der Waals surface area contributed by atoms with Gasteiger partial charge >= 0.3 is 5.97 Å². The van der Waals surface area contributed by atoms with Crippen LogP contribution in [0, 0.1) is 34.9 Å². The molecule has 3 aromatic rings. The third kappa shape index (κ3) is 3.88. The summed E-state index contributed by atoms with van der Waals surface area (Å²) in [5.74, 6) is -15.2. The van der Waals surface area contributed by atoms with E-state index in [1.807, 2.05) is 0 Å². The Balaban J connectivity index is 1.94. The van der Waals surface area contributed by atoms with E-state index in [-0.39, 0.29) is 0 Å². The second-order valence-corrected chi connectivity index (χ2v) is 7.29. The van der Waals surface area contributed by atoms with E-state index in [4.69, 9.17) is 4.74 Å². The number of hydrogen-bond acceptors (Lipinski definition) is 5. The van der Waals surface area contributed by atoms with E-state index in [1.54, 1.807) is 0 Å². The van der Waals surface area contributed by atoms with Crippen molar-refractivity contribution in [3.63, 3.8) is 0 Å². The van der Waals surface area contributed by atoms with E-state index >= 15 is 4.39 Å². The Morgan fingerprint density at radius 3 is 2.11 bits per heavy atom. The number of carbonyl (C=O) groups excluding carboxylic acids is 1. The number of esters is 1. The maximum Gasteiger partial charge on any atom is 0.367 e. The van der Waals surface area contributed by atoms with Crippen molar-refractivity contribution < 1.29 is 49.7 Å². The van der Waals surface area contributed by atoms with E-state index in [1.165, 1.54) is 31.4 Å². The number of anilines is 1. The first-order valence-corrected chi connectivity index (χ1v) is 9.78. The normalized spacial score (nSPS) is 15.1. The molecular weight excluding hydrogens is 487 g/mol. The van der Waals surface area contributed by atoms with Gasteiger partial charge in [0.2, 0.25) is 5.82 Å². The van der Waals surface area contributed by atoms with Crippen molar-refractivity contribution in [3.05, 3.63) is 70.8 Å². The van der Waals surface area contributed by atoms with Gasteiger partial charge in [-0.3, -0.25) is 0 Å². The standard InChI is InChI=1S/C23H14F7NO4/c1-33-10-5-3-9(4-6-10)8-31-20-12(35-23(32)22(31)30)7-11(24)13(16(20)26)14-15(25)18(28)19(29)21(34-2)17(14)27/h3-7,22H,8H2,1-2H3. The summed E-state index contributed by atoms with van der Waals surface area (Å²) in [4.78, 5) is 12.5. The minimum atomic E-state index is -2.59. The van der Waals surface area contributed by atoms with Gasteiger partial charge in [-0.05, 0) is 17.7 Å². The largest absolute Gasteiger partial charge is 0.497 e. The highest BCUT2D eigenvalue weighted by molar-refractivity contribution is 5.88. The van der Waals surface area contributed by atoms with E-state index < -0.39 is 82.0 Å². The molecule has 0 saturated heterocycles. The summed E-state index contributed by atoms with van der Waals surface area (Å²) in [6.07, 6.45) is -2.59. The zero-order valence-electron chi connectivity index (χ0n) is 17.9. The van der Waals surface area contributed by atoms with Crippen molar-refractivity contribution in [3.8, 4) is 28.4 Å². The van der Waals surface area contributed by atoms with E-state index in [0.717, 1.165) is 7.11 Å². The fraction of sp³-hybridized carbons (Fsp3) is 0.174. The molecule has 0 saturated carbocycles. The van der Waals surface area contributed by atoms with Gasteiger partial charge in [-0.1, -0.05) is 12.1 Å². The van der Waals surface area contributed by atoms with Crippen LogP contribution in [-0.4, -0.2) is 26.5 Å². The third-order valence-corrected chi connectivity index (χ3v) is 5.31. The quantitative estimate of drug-likeness (QED) is 0.117. The van der Waals surface area contributed by atoms with Gasteiger partial charge in [-0.15, -0.1) is 0 Å². The Morgan fingerprint density at radius 2 is 1.51 bits per heavy atom. The molecule has 5 nitrogen and oxygen atoms in total. The summed E-state index contributed by atoms with van der Waals surface area (Å²) in [5.41, 5.74) is -3.64. The van der Waals surface area contributed by atoms with Crippen molar-refractivity contribution in [2.45, 2.75) is 12.8 Å². The monoisotopic (exact) mass is 501 g/mol. The van der Waals surface area contributed by atoms with E-state index in [0.29, 0.717) is 22.3 Å². The first-order valence-electron chi connectivity index (χ1n) is 9.78. The van der Waals surface area contributed by atoms with E-state index in [9.17, 15) is 31.1 Å². The fourth-order valence-corrected chi connectivity index (χ4v) is 3.66. The second-order valence-electron chi connectivity index (χ2n) is 7.29. The molecule has 0 bridgehead atoms. The number of methoxy groups -OCH3 is 2. The molecule has 1 aliphatic heterocycles. The van der Waals surface area contributed by atoms with E-state index in [2.05, 4.69) is 9.47 Å². The van der Waals surface area contributed by atoms with Crippen molar-refractivity contribution in [2.75, 3.05) is 19.1 Å². The predicted octanol–water partition coefficient (Wildman–Crippen LogP) is 5.43. The highest BCUT2D eigenvalue weighted by Gasteiger charge is 2.41. The Labute approximate surface area is 193 Å². The van der Waals surface area contributed by atoms with Crippen LogP contribution in [0.4, 0.5) is 36.4 Å². The summed E-state index contributed by atoms with van der Waals surface area (Å²) in [6.45, 7) is -0.471. The molecule has 0 spiro atoms. The number of halogens is 7. The topological polar surface area (TPSA) is 48.0 Å². The Hall–Kier alpha value is -3.96. The summed E-state index contributed by atoms with van der Waals surface area (Å²) in [6, 6.07) is 6.30. The predicted molar refractivity (Wildman–Crippen MR) is 108 cm³/mol. The number of fused-ring (bicyclic) bond motifs is 1. The minimum Gasteiger partial charge on any atom is -0.497 e. The fourth-order valence-electron chi connectivity index (χ4n) is 3.66. The molecule has 0 aromatic heterocycles. The maximum absolute atomic E-state index is 15.7. The molecular formula is C23H14F7NO4. The van der Waals surface area contributed by atoms with Crippen LogP contribution in [0.1, 0.15) is 5.56 Å². The van der Waals surface area contributed by atoms with Crippen LogP contribution >= 0.6 is 0 Å². The summed E-state index contributed by atoms with van der Waals surface area (Å²) in [7, 11) is 2.13. The molecule has 3 aromatic carbocycles. The van der Waals surface area contributed by atoms with Crippen molar-refractivity contribution in [1.82, 2.24) is 0 Å². The van der Waals surface area contributed by atoms with Gasteiger partial charge < -0.3 is 19.1 Å². The van der Waals surface area contributed by atoms with Crippen molar-refractivity contribution in [2.24, 2.45) is 0 Å². The number of ether oxygens (including phenoxy) is 3. The van der Waals surface area contributed by atoms with Crippen molar-refractivity contribution >= 4 is 11.7 Å². The van der Waals surface area contributed by atoms with Gasteiger partial charge in [0.05, 0.1) is 25.3 Å². The second kappa shape index (κ2) is 9.01. The van der Waals surface area contributed by atoms with Crippen LogP contribution in [0.25, 0.3) is 11.1 Å². The van der Waals surface area contributed by atoms with Crippen LogP contribution in [0.3, 0.4) is 0 Å². The first-order chi connectivity index (χ1) is 16.6. The Bertz CT molecular complexity index is 1330. The van der Waals surface area contributed by atoms with Gasteiger partial charge in [0, 0.05) is 12.6 Å². The number of alkyl halides is 1. The first kappa shape index (κ1) is 24.2. The smallest absolute Gasteiger partial charge is 0.367 e. The van der Waals surface area contributed by atoms with Gasteiger partial charge in [-0.2, -0.15) is 4.39 Å². The molecule has 0 fully saturated rings. The molecule has 1 atom stereocenters. The zero-order chi connectivity index (χ0) is 25.6. The lowest BCUT2D eigenvalue weighted by atomic mass is 9.99. The van der Waals surface area contributed by atoms with Crippen molar-refractivity contribution in [1.29, 1.82) is 0 Å². The lowest BCUT2D eigenvalue weighted by Gasteiger charge is -2.33. The average Bonchev–Trinajstić information content (AvgIpc) is 2.83. The zero-order valence-corrected chi connectivity index (χ0v) is 17.9. The molecule has 12 heteroatoms. The minimum absolute atomic E-state index is 0.339. The Morgan fingerprint density at radius 1 is 0.857 bits per heavy atom. The summed E-state index contributed by atoms with van der Waals surface area (Å²) in [5, 5.41) is 0. The third-order valence-electron chi connectivity index (χ3n) is 5.31. The molecule has 1 heterocycles. The lowest BCUT2D eigenvalue weighted by molar-refractivity contribution is -0.141. The maximum atomic E-state index is 15.7. The molecule has 0 aliphatic carbocycles.